The van der Waals surface area contributed by atoms with Gasteiger partial charge in [-0.05, 0) is 37.1 Å². The van der Waals surface area contributed by atoms with Crippen LogP contribution in [-0.4, -0.2) is 64.3 Å². The van der Waals surface area contributed by atoms with Gasteiger partial charge in [0.15, 0.2) is 6.23 Å². The van der Waals surface area contributed by atoms with E-state index in [0.29, 0.717) is 43.3 Å². The van der Waals surface area contributed by atoms with Crippen molar-refractivity contribution in [2.75, 3.05) is 56.7 Å². The van der Waals surface area contributed by atoms with E-state index in [1.807, 2.05) is 18.2 Å². The van der Waals surface area contributed by atoms with Gasteiger partial charge in [0, 0.05) is 31.7 Å². The highest BCUT2D eigenvalue weighted by Crippen LogP contribution is 2.35. The molecule has 0 bridgehead atoms. The minimum atomic E-state index is -3.65. The molecule has 2 saturated heterocycles. The van der Waals surface area contributed by atoms with Crippen LogP contribution >= 0.6 is 0 Å². The monoisotopic (exact) mass is 447 g/mol. The van der Waals surface area contributed by atoms with E-state index in [2.05, 4.69) is 10.2 Å². The van der Waals surface area contributed by atoms with Crippen molar-refractivity contribution in [2.24, 2.45) is 0 Å². The number of rotatable bonds is 7. The topological polar surface area (TPSA) is 91.3 Å². The Balaban J connectivity index is 1.68. The van der Waals surface area contributed by atoms with Crippen LogP contribution in [-0.2, 0) is 14.8 Å². The lowest BCUT2D eigenvalue weighted by atomic mass is 10.1. The second kappa shape index (κ2) is 9.44. The van der Waals surface area contributed by atoms with Crippen LogP contribution < -0.4 is 15.0 Å². The molecule has 1 atom stereocenters. The number of para-hydroxylation sites is 1. The number of hydrogen-bond acceptors (Lipinski definition) is 7. The lowest BCUT2D eigenvalue weighted by Gasteiger charge is -2.28. The quantitative estimate of drug-likeness (QED) is 0.630. The lowest BCUT2D eigenvalue weighted by molar-refractivity contribution is 0.0730. The highest BCUT2D eigenvalue weighted by Gasteiger charge is 2.28. The van der Waals surface area contributed by atoms with E-state index in [4.69, 9.17) is 9.47 Å². The van der Waals surface area contributed by atoms with E-state index < -0.39 is 16.3 Å². The highest BCUT2D eigenvalue weighted by molar-refractivity contribution is 7.89. The third-order valence-electron chi connectivity index (χ3n) is 5.75. The molecule has 2 aromatic carbocycles. The van der Waals surface area contributed by atoms with Gasteiger partial charge in [-0.25, -0.2) is 8.42 Å². The van der Waals surface area contributed by atoms with Gasteiger partial charge in [0.2, 0.25) is 10.0 Å². The number of morpholine rings is 1. The van der Waals surface area contributed by atoms with Crippen molar-refractivity contribution in [1.29, 1.82) is 0 Å². The van der Waals surface area contributed by atoms with Crippen molar-refractivity contribution in [3.63, 3.8) is 0 Å². The molecule has 0 amide bonds. The van der Waals surface area contributed by atoms with Crippen LogP contribution in [0.15, 0.2) is 47.4 Å². The Morgan fingerprint density at radius 2 is 1.77 bits per heavy atom. The second-order valence-corrected chi connectivity index (χ2v) is 9.62. The van der Waals surface area contributed by atoms with Gasteiger partial charge in [-0.3, -0.25) is 0 Å². The van der Waals surface area contributed by atoms with E-state index in [0.717, 1.165) is 31.6 Å². The number of nitrogens with one attached hydrogen (secondary N) is 1. The maximum absolute atomic E-state index is 13.2. The lowest BCUT2D eigenvalue weighted by Crippen LogP contribution is -2.40. The van der Waals surface area contributed by atoms with E-state index >= 15 is 0 Å². The molecule has 2 aromatic rings. The molecule has 0 aromatic heterocycles. The van der Waals surface area contributed by atoms with Gasteiger partial charge < -0.3 is 24.8 Å². The van der Waals surface area contributed by atoms with Gasteiger partial charge in [-0.2, -0.15) is 4.31 Å². The summed E-state index contributed by atoms with van der Waals surface area (Å²) >= 11 is 0. The number of nitrogens with zero attached hydrogens (tertiary/aromatic N) is 2. The number of benzene rings is 2. The zero-order valence-electron chi connectivity index (χ0n) is 17.7. The maximum atomic E-state index is 13.2. The van der Waals surface area contributed by atoms with Gasteiger partial charge in [-0.1, -0.05) is 18.2 Å². The SMILES string of the molecule is COc1ccccc1[C@H](O)Nc1cc(S(=O)(=O)N2CCOCC2)ccc1N1CCCC1. The average molecular weight is 448 g/mol. The third-order valence-corrected chi connectivity index (χ3v) is 7.64. The molecule has 0 radical (unpaired) electrons. The molecule has 0 unspecified atom stereocenters. The molecule has 2 heterocycles. The van der Waals surface area contributed by atoms with Crippen LogP contribution in [0.25, 0.3) is 0 Å². The first-order chi connectivity index (χ1) is 15.0. The Hall–Kier alpha value is -2.33. The molecule has 2 fully saturated rings. The van der Waals surface area contributed by atoms with Gasteiger partial charge in [-0.15, -0.1) is 0 Å². The molecule has 31 heavy (non-hydrogen) atoms. The van der Waals surface area contributed by atoms with Crippen LogP contribution in [0.3, 0.4) is 0 Å². The largest absolute Gasteiger partial charge is 0.496 e. The summed E-state index contributed by atoms with van der Waals surface area (Å²) < 4.78 is 38.5. The standard InChI is InChI=1S/C22H29N3O5S/c1-29-21-7-3-2-6-18(21)22(26)23-19-16-17(8-9-20(19)24-10-4-5-11-24)31(27,28)25-12-14-30-15-13-25/h2-3,6-9,16,22-23,26H,4-5,10-15H2,1H3/t22-/m0/s1. The predicted octanol–water partition coefficient (Wildman–Crippen LogP) is 2.42. The first-order valence-corrected chi connectivity index (χ1v) is 12.0. The fraction of sp³-hybridized carbons (Fsp3) is 0.455. The number of ether oxygens (including phenoxy) is 2. The molecule has 2 aliphatic rings. The zero-order valence-corrected chi connectivity index (χ0v) is 18.5. The fourth-order valence-electron chi connectivity index (χ4n) is 4.08. The number of aliphatic hydroxyl groups excluding tert-OH is 1. The molecule has 0 spiro atoms. The minimum absolute atomic E-state index is 0.201. The first-order valence-electron chi connectivity index (χ1n) is 10.5. The molecule has 2 N–H and O–H groups in total. The van der Waals surface area contributed by atoms with Crippen molar-refractivity contribution in [1.82, 2.24) is 4.31 Å². The van der Waals surface area contributed by atoms with Crippen LogP contribution in [0.4, 0.5) is 11.4 Å². The molecule has 0 aliphatic carbocycles. The maximum Gasteiger partial charge on any atom is 0.243 e. The van der Waals surface area contributed by atoms with E-state index in [1.54, 1.807) is 31.4 Å². The molecule has 2 aliphatic heterocycles. The fourth-order valence-corrected chi connectivity index (χ4v) is 5.51. The van der Waals surface area contributed by atoms with Gasteiger partial charge in [0.25, 0.3) is 0 Å². The van der Waals surface area contributed by atoms with Gasteiger partial charge in [0.1, 0.15) is 5.75 Å². The highest BCUT2D eigenvalue weighted by atomic mass is 32.2. The molecular weight excluding hydrogens is 418 g/mol. The molecule has 8 nitrogen and oxygen atoms in total. The molecule has 4 rings (SSSR count). The van der Waals surface area contributed by atoms with Crippen LogP contribution in [0, 0.1) is 0 Å². The minimum Gasteiger partial charge on any atom is -0.496 e. The summed E-state index contributed by atoms with van der Waals surface area (Å²) in [6.07, 6.45) is 1.11. The van der Waals surface area contributed by atoms with E-state index in [1.165, 1.54) is 4.31 Å². The predicted molar refractivity (Wildman–Crippen MR) is 119 cm³/mol. The third kappa shape index (κ3) is 4.64. The smallest absolute Gasteiger partial charge is 0.243 e. The molecular formula is C22H29N3O5S. The summed E-state index contributed by atoms with van der Waals surface area (Å²) in [6, 6.07) is 12.3. The summed E-state index contributed by atoms with van der Waals surface area (Å²) in [7, 11) is -2.10. The second-order valence-electron chi connectivity index (χ2n) is 7.68. The van der Waals surface area contributed by atoms with Crippen molar-refractivity contribution in [2.45, 2.75) is 24.0 Å². The summed E-state index contributed by atoms with van der Waals surface area (Å²) in [4.78, 5) is 2.41. The molecule has 0 saturated carbocycles. The van der Waals surface area contributed by atoms with Crippen molar-refractivity contribution in [3.8, 4) is 5.75 Å². The summed E-state index contributed by atoms with van der Waals surface area (Å²) in [5.41, 5.74) is 2.04. The normalized spacial score (nSPS) is 18.7. The van der Waals surface area contributed by atoms with Crippen LogP contribution in [0.5, 0.6) is 5.75 Å². The Kier molecular flexibility index (Phi) is 6.66. The number of sulfonamides is 1. The van der Waals surface area contributed by atoms with Crippen molar-refractivity contribution < 1.29 is 23.0 Å². The summed E-state index contributed by atoms with van der Waals surface area (Å²) in [6.45, 7) is 3.25. The van der Waals surface area contributed by atoms with Crippen molar-refractivity contribution >= 4 is 21.4 Å². The summed E-state index contributed by atoms with van der Waals surface area (Å²) in [5.74, 6) is 0.558. The Labute approximate surface area is 183 Å². The number of aliphatic hydroxyl groups is 1. The Morgan fingerprint density at radius 1 is 1.06 bits per heavy atom. The Bertz CT molecular complexity index is 1000. The number of hydrogen-bond donors (Lipinski definition) is 2. The summed E-state index contributed by atoms with van der Waals surface area (Å²) in [5, 5.41) is 14.0. The molecule has 9 heteroatoms. The van der Waals surface area contributed by atoms with E-state index in [9.17, 15) is 13.5 Å². The van der Waals surface area contributed by atoms with Crippen LogP contribution in [0.2, 0.25) is 0 Å². The molecule has 168 valence electrons. The van der Waals surface area contributed by atoms with Gasteiger partial charge >= 0.3 is 0 Å². The first kappa shape index (κ1) is 21.9. The number of methoxy groups -OCH3 is 1. The zero-order chi connectivity index (χ0) is 21.8. The van der Waals surface area contributed by atoms with Crippen molar-refractivity contribution in [3.05, 3.63) is 48.0 Å². The number of anilines is 2. The average Bonchev–Trinajstić information content (AvgIpc) is 3.34. The van der Waals surface area contributed by atoms with E-state index in [-0.39, 0.29) is 4.90 Å². The van der Waals surface area contributed by atoms with Crippen LogP contribution in [0.1, 0.15) is 24.6 Å². The Morgan fingerprint density at radius 3 is 2.48 bits per heavy atom. The van der Waals surface area contributed by atoms with Gasteiger partial charge in [0.05, 0.1) is 36.6 Å².